The van der Waals surface area contributed by atoms with Crippen LogP contribution in [0.3, 0.4) is 0 Å². The minimum Gasteiger partial charge on any atom is -0.487 e. The van der Waals surface area contributed by atoms with Crippen LogP contribution in [0.25, 0.3) is 0 Å². The number of carbonyl (C=O) groups excluding carboxylic acids is 3. The minimum atomic E-state index is -4.42. The first kappa shape index (κ1) is 34.8. The first-order valence-corrected chi connectivity index (χ1v) is 16.6. The van der Waals surface area contributed by atoms with E-state index in [1.807, 2.05) is 24.6 Å². The molecular weight excluding hydrogens is 619 g/mol. The molecule has 0 aliphatic carbocycles. The minimum absolute atomic E-state index is 0.0150. The average Bonchev–Trinajstić information content (AvgIpc) is 3.40. The Morgan fingerprint density at radius 3 is 2.24 bits per heavy atom. The molecule has 2 aromatic rings. The van der Waals surface area contributed by atoms with Gasteiger partial charge in [0.15, 0.2) is 5.82 Å². The molecule has 0 radical (unpaired) electrons. The smallest absolute Gasteiger partial charge is 0.415 e. The Morgan fingerprint density at radius 2 is 1.70 bits per heavy atom. The Balaban J connectivity index is 1.84. The van der Waals surface area contributed by atoms with Gasteiger partial charge in [-0.1, -0.05) is 44.2 Å². The average molecular weight is 663 g/mol. The van der Waals surface area contributed by atoms with E-state index in [0.717, 1.165) is 5.56 Å². The first-order valence-electron chi connectivity index (χ1n) is 15.1. The molecule has 1 atom stereocenters. The molecule has 0 bridgehead atoms. The van der Waals surface area contributed by atoms with Crippen LogP contribution >= 0.6 is 0 Å². The van der Waals surface area contributed by atoms with E-state index in [4.69, 9.17) is 14.2 Å². The molecule has 0 unspecified atom stereocenters. The van der Waals surface area contributed by atoms with Crippen molar-refractivity contribution in [1.82, 2.24) is 9.62 Å². The molecule has 14 heteroatoms. The predicted molar refractivity (Wildman–Crippen MR) is 170 cm³/mol. The van der Waals surface area contributed by atoms with Crippen LogP contribution in [-0.4, -0.2) is 68.3 Å². The summed E-state index contributed by atoms with van der Waals surface area (Å²) in [5, 5.41) is 0. The second kappa shape index (κ2) is 13.0. The van der Waals surface area contributed by atoms with Crippen molar-refractivity contribution in [1.29, 1.82) is 0 Å². The Morgan fingerprint density at radius 1 is 1.07 bits per heavy atom. The zero-order valence-electron chi connectivity index (χ0n) is 27.5. The predicted octanol–water partition coefficient (Wildman–Crippen LogP) is 5.15. The van der Waals surface area contributed by atoms with Gasteiger partial charge in [0, 0.05) is 31.1 Å². The fraction of sp³-hybridized carbons (Fsp3) is 0.531. The van der Waals surface area contributed by atoms with E-state index in [1.165, 1.54) is 15.9 Å². The van der Waals surface area contributed by atoms with Gasteiger partial charge in [-0.25, -0.2) is 23.0 Å². The number of amides is 3. The highest BCUT2D eigenvalue weighted by atomic mass is 32.2. The van der Waals surface area contributed by atoms with E-state index in [9.17, 15) is 22.8 Å². The third-order valence-electron chi connectivity index (χ3n) is 6.91. The molecular formula is C32H43FN4O8S. The third-order valence-corrected chi connectivity index (χ3v) is 8.29. The molecule has 252 valence electrons. The molecule has 2 aliphatic heterocycles. The third kappa shape index (κ3) is 8.20. The second-order valence-corrected chi connectivity index (χ2v) is 15.4. The molecule has 46 heavy (non-hydrogen) atoms. The van der Waals surface area contributed by atoms with Gasteiger partial charge < -0.3 is 19.1 Å². The van der Waals surface area contributed by atoms with Crippen molar-refractivity contribution in [3.8, 4) is 5.75 Å². The van der Waals surface area contributed by atoms with Crippen LogP contribution in [0.15, 0.2) is 36.4 Å². The Hall–Kier alpha value is -4.07. The lowest BCUT2D eigenvalue weighted by Gasteiger charge is -2.34. The summed E-state index contributed by atoms with van der Waals surface area (Å²) in [5.74, 6) is -1.95. The molecule has 0 aromatic heterocycles. The van der Waals surface area contributed by atoms with Gasteiger partial charge in [0.2, 0.25) is 0 Å². The number of fused-ring (bicyclic) bond motifs is 1. The summed E-state index contributed by atoms with van der Waals surface area (Å²) < 4.78 is 62.5. The molecule has 1 N–H and O–H groups in total. The Bertz CT molecular complexity index is 1590. The first-order chi connectivity index (χ1) is 21.3. The molecule has 1 saturated heterocycles. The lowest BCUT2D eigenvalue weighted by Crippen LogP contribution is -2.50. The highest BCUT2D eigenvalue weighted by Gasteiger charge is 2.45. The van der Waals surface area contributed by atoms with Crippen LogP contribution < -0.4 is 18.7 Å². The SMILES string of the molecule is CC(C)CN(C[C@@H]1Cc2c(cc(OCc3ccccc3)c(N3CC(=O)NS3(=O)=O)c2F)N1C(=O)OC(C)(C)C)C(=O)OC(C)(C)C. The molecule has 2 aromatic carbocycles. The largest absolute Gasteiger partial charge is 0.487 e. The molecule has 4 rings (SSSR count). The van der Waals surface area contributed by atoms with Crippen LogP contribution in [0.2, 0.25) is 0 Å². The topological polar surface area (TPSA) is 135 Å². The van der Waals surface area contributed by atoms with Crippen molar-refractivity contribution >= 4 is 39.7 Å². The van der Waals surface area contributed by atoms with Gasteiger partial charge in [-0.15, -0.1) is 0 Å². The summed E-state index contributed by atoms with van der Waals surface area (Å²) in [6, 6.07) is 9.54. The summed E-state index contributed by atoms with van der Waals surface area (Å²) in [6.45, 7) is 13.7. The highest BCUT2D eigenvalue weighted by molar-refractivity contribution is 7.92. The van der Waals surface area contributed by atoms with E-state index >= 15 is 4.39 Å². The van der Waals surface area contributed by atoms with Crippen LogP contribution in [0.1, 0.15) is 66.5 Å². The van der Waals surface area contributed by atoms with E-state index in [1.54, 1.807) is 65.8 Å². The van der Waals surface area contributed by atoms with Crippen molar-refractivity contribution in [2.24, 2.45) is 5.92 Å². The normalized spacial score (nSPS) is 17.5. The summed E-state index contributed by atoms with van der Waals surface area (Å²) >= 11 is 0. The maximum Gasteiger partial charge on any atom is 0.415 e. The number of ether oxygens (including phenoxy) is 3. The van der Waals surface area contributed by atoms with Gasteiger partial charge in [0.05, 0.1) is 11.7 Å². The lowest BCUT2D eigenvalue weighted by atomic mass is 10.1. The maximum atomic E-state index is 16.7. The number of halogens is 1. The number of hydrogen-bond acceptors (Lipinski definition) is 8. The lowest BCUT2D eigenvalue weighted by molar-refractivity contribution is -0.117. The van der Waals surface area contributed by atoms with Gasteiger partial charge in [-0.3, -0.25) is 9.69 Å². The van der Waals surface area contributed by atoms with Gasteiger partial charge in [0.25, 0.3) is 5.91 Å². The Kier molecular flexibility index (Phi) is 9.81. The van der Waals surface area contributed by atoms with Gasteiger partial charge in [-0.2, -0.15) is 8.42 Å². The fourth-order valence-corrected chi connectivity index (χ4v) is 6.41. The van der Waals surface area contributed by atoms with Crippen molar-refractivity contribution in [3.05, 3.63) is 53.3 Å². The van der Waals surface area contributed by atoms with Crippen molar-refractivity contribution in [2.45, 2.75) is 85.7 Å². The van der Waals surface area contributed by atoms with Crippen LogP contribution in [0.5, 0.6) is 5.75 Å². The number of hydrogen-bond donors (Lipinski definition) is 1. The summed E-state index contributed by atoms with van der Waals surface area (Å²) in [6.07, 6.45) is -1.46. The number of nitrogens with one attached hydrogen (secondary N) is 1. The number of rotatable bonds is 8. The van der Waals surface area contributed by atoms with E-state index in [0.29, 0.717) is 10.8 Å². The van der Waals surface area contributed by atoms with Crippen LogP contribution in [0, 0.1) is 11.7 Å². The van der Waals surface area contributed by atoms with Crippen molar-refractivity contribution in [2.75, 3.05) is 28.8 Å². The van der Waals surface area contributed by atoms with E-state index in [-0.39, 0.29) is 42.5 Å². The summed E-state index contributed by atoms with van der Waals surface area (Å²) in [5.41, 5.74) is -1.31. The summed E-state index contributed by atoms with van der Waals surface area (Å²) in [7, 11) is -4.42. The zero-order valence-corrected chi connectivity index (χ0v) is 28.4. The van der Waals surface area contributed by atoms with Gasteiger partial charge in [-0.05, 0) is 53.0 Å². The number of anilines is 2. The van der Waals surface area contributed by atoms with Crippen molar-refractivity contribution < 1.29 is 41.4 Å². The van der Waals surface area contributed by atoms with E-state index < -0.39 is 63.6 Å². The van der Waals surface area contributed by atoms with Crippen LogP contribution in [0.4, 0.5) is 25.4 Å². The molecule has 0 saturated carbocycles. The highest BCUT2D eigenvalue weighted by Crippen LogP contribution is 2.46. The second-order valence-electron chi connectivity index (χ2n) is 13.8. The monoisotopic (exact) mass is 662 g/mol. The van der Waals surface area contributed by atoms with Gasteiger partial charge >= 0.3 is 22.4 Å². The Labute approximate surface area is 269 Å². The molecule has 2 heterocycles. The maximum absolute atomic E-state index is 16.7. The summed E-state index contributed by atoms with van der Waals surface area (Å²) in [4.78, 5) is 42.0. The number of carbonyl (C=O) groups is 3. The van der Waals surface area contributed by atoms with Crippen LogP contribution in [-0.2, 0) is 37.5 Å². The number of benzene rings is 2. The zero-order chi connectivity index (χ0) is 34.2. The molecule has 1 fully saturated rings. The number of nitrogens with zero attached hydrogens (tertiary/aromatic N) is 3. The standard InChI is InChI=1S/C32H43FN4O8S/c1-20(2)16-35(29(39)44-31(3,4)5)17-22-14-23-24(37(22)30(40)45-32(6,7)8)15-25(43-19-21-12-10-9-11-13-21)28(27(23)33)36-18-26(38)34-46(36,41)42/h9-13,15,20,22H,14,16-19H2,1-8H3,(H,34,38)/t22-/m0/s1. The molecule has 2 aliphatic rings. The van der Waals surface area contributed by atoms with Gasteiger partial charge in [0.1, 0.15) is 35.8 Å². The quantitative estimate of drug-likeness (QED) is 0.411. The molecule has 0 spiro atoms. The van der Waals surface area contributed by atoms with E-state index in [2.05, 4.69) is 0 Å². The van der Waals surface area contributed by atoms with Crippen molar-refractivity contribution in [3.63, 3.8) is 0 Å². The molecule has 12 nitrogen and oxygen atoms in total. The molecule has 3 amide bonds. The fourth-order valence-electron chi connectivity index (χ4n) is 5.25.